The summed E-state index contributed by atoms with van der Waals surface area (Å²) in [7, 11) is 1.40. The number of esters is 1. The lowest BCUT2D eigenvalue weighted by Crippen LogP contribution is -2.26. The molecule has 2 aromatic rings. The number of fused-ring (bicyclic) bond motifs is 1. The molecule has 0 saturated heterocycles. The summed E-state index contributed by atoms with van der Waals surface area (Å²) in [5.74, 6) is -0.411. The third kappa shape index (κ3) is 3.88. The van der Waals surface area contributed by atoms with E-state index < -0.39 is 17.7 Å². The normalized spacial score (nSPS) is 19.8. The van der Waals surface area contributed by atoms with Crippen LogP contribution in [0.25, 0.3) is 0 Å². The van der Waals surface area contributed by atoms with Gasteiger partial charge in [-0.25, -0.2) is 4.39 Å². The van der Waals surface area contributed by atoms with Crippen LogP contribution in [0.15, 0.2) is 36.4 Å². The SMILES string of the molecule is COC(=O)C(C)C(c1ccc2c(c1)OC(C(=O)c1ccc(Cl)cc1F)C2)C1CC1. The summed E-state index contributed by atoms with van der Waals surface area (Å²) in [5, 5.41) is 0.241. The van der Waals surface area contributed by atoms with Crippen molar-refractivity contribution in [2.75, 3.05) is 7.11 Å². The number of halogens is 2. The standard InChI is InChI=1S/C23H22ClFO4/c1-12(23(27)28-2)21(13-3-4-13)15-6-5-14-9-20(29-19(14)10-15)22(26)17-8-7-16(24)11-18(17)25/h5-8,10-13,20-21H,3-4,9H2,1-2H3. The molecular formula is C23H22ClFO4. The molecule has 29 heavy (non-hydrogen) atoms. The zero-order valence-electron chi connectivity index (χ0n) is 16.3. The van der Waals surface area contributed by atoms with Crippen molar-refractivity contribution in [3.05, 3.63) is 63.9 Å². The molecule has 1 fully saturated rings. The number of benzene rings is 2. The molecule has 0 amide bonds. The van der Waals surface area contributed by atoms with Crippen LogP contribution in [-0.4, -0.2) is 25.0 Å². The molecule has 0 bridgehead atoms. The minimum Gasteiger partial charge on any atom is -0.482 e. The van der Waals surface area contributed by atoms with Gasteiger partial charge in [-0.05, 0) is 60.1 Å². The predicted molar refractivity (Wildman–Crippen MR) is 107 cm³/mol. The molecule has 1 aliphatic carbocycles. The third-order valence-corrected chi connectivity index (χ3v) is 6.12. The van der Waals surface area contributed by atoms with Crippen molar-refractivity contribution in [2.45, 2.75) is 38.2 Å². The van der Waals surface area contributed by atoms with Gasteiger partial charge < -0.3 is 9.47 Å². The number of Topliss-reactive ketones (excluding diaryl/α,β-unsaturated/α-hetero) is 1. The van der Waals surface area contributed by atoms with Crippen molar-refractivity contribution in [3.63, 3.8) is 0 Å². The van der Waals surface area contributed by atoms with E-state index in [1.807, 2.05) is 25.1 Å². The second-order valence-corrected chi connectivity index (χ2v) is 8.28. The average Bonchev–Trinajstić information content (AvgIpc) is 3.44. The molecule has 1 heterocycles. The summed E-state index contributed by atoms with van der Waals surface area (Å²) in [5.41, 5.74) is 1.89. The van der Waals surface area contributed by atoms with Gasteiger partial charge in [-0.15, -0.1) is 0 Å². The average molecular weight is 417 g/mol. The number of hydrogen-bond acceptors (Lipinski definition) is 4. The smallest absolute Gasteiger partial charge is 0.309 e. The Balaban J connectivity index is 1.56. The highest BCUT2D eigenvalue weighted by molar-refractivity contribution is 6.30. The van der Waals surface area contributed by atoms with E-state index in [1.165, 1.54) is 19.2 Å². The molecule has 6 heteroatoms. The first kappa shape index (κ1) is 19.9. The number of methoxy groups -OCH3 is 1. The van der Waals surface area contributed by atoms with E-state index in [9.17, 15) is 14.0 Å². The lowest BCUT2D eigenvalue weighted by atomic mass is 9.83. The molecule has 0 radical (unpaired) electrons. The highest BCUT2D eigenvalue weighted by Gasteiger charge is 2.40. The van der Waals surface area contributed by atoms with Crippen LogP contribution in [0, 0.1) is 17.7 Å². The lowest BCUT2D eigenvalue weighted by molar-refractivity contribution is -0.145. The number of ketones is 1. The van der Waals surface area contributed by atoms with Crippen LogP contribution in [0.3, 0.4) is 0 Å². The maximum absolute atomic E-state index is 14.1. The summed E-state index contributed by atoms with van der Waals surface area (Å²) in [6.45, 7) is 1.89. The van der Waals surface area contributed by atoms with E-state index >= 15 is 0 Å². The van der Waals surface area contributed by atoms with Gasteiger partial charge in [0.1, 0.15) is 11.6 Å². The molecule has 4 nitrogen and oxygen atoms in total. The first-order valence-electron chi connectivity index (χ1n) is 9.75. The Morgan fingerprint density at radius 3 is 2.62 bits per heavy atom. The van der Waals surface area contributed by atoms with Crippen molar-refractivity contribution in [3.8, 4) is 5.75 Å². The van der Waals surface area contributed by atoms with E-state index in [0.29, 0.717) is 18.1 Å². The monoisotopic (exact) mass is 416 g/mol. The van der Waals surface area contributed by atoms with Gasteiger partial charge in [0.2, 0.25) is 5.78 Å². The summed E-state index contributed by atoms with van der Waals surface area (Å²) in [4.78, 5) is 24.9. The summed E-state index contributed by atoms with van der Waals surface area (Å²) in [6.07, 6.45) is 1.78. The molecule has 2 aliphatic rings. The van der Waals surface area contributed by atoms with Crippen LogP contribution >= 0.6 is 11.6 Å². The molecule has 3 atom stereocenters. The second-order valence-electron chi connectivity index (χ2n) is 7.84. The minimum absolute atomic E-state index is 0.0254. The van der Waals surface area contributed by atoms with Crippen LogP contribution in [0.5, 0.6) is 5.75 Å². The quantitative estimate of drug-likeness (QED) is 0.493. The molecule has 4 rings (SSSR count). The summed E-state index contributed by atoms with van der Waals surface area (Å²) >= 11 is 5.77. The zero-order valence-corrected chi connectivity index (χ0v) is 17.0. The van der Waals surface area contributed by atoms with Crippen LogP contribution < -0.4 is 4.74 Å². The summed E-state index contributed by atoms with van der Waals surface area (Å²) in [6, 6.07) is 9.87. The minimum atomic E-state index is -0.770. The van der Waals surface area contributed by atoms with Gasteiger partial charge in [-0.1, -0.05) is 30.7 Å². The molecule has 3 unspecified atom stereocenters. The van der Waals surface area contributed by atoms with E-state index in [-0.39, 0.29) is 28.4 Å². The largest absolute Gasteiger partial charge is 0.482 e. The molecule has 1 aliphatic heterocycles. The molecule has 0 N–H and O–H groups in total. The van der Waals surface area contributed by atoms with Gasteiger partial charge in [-0.2, -0.15) is 0 Å². The number of hydrogen-bond donors (Lipinski definition) is 0. The zero-order chi connectivity index (χ0) is 20.7. The van der Waals surface area contributed by atoms with Crippen molar-refractivity contribution in [1.82, 2.24) is 0 Å². The molecule has 152 valence electrons. The Bertz CT molecular complexity index is 969. The Hall–Kier alpha value is -2.40. The van der Waals surface area contributed by atoms with Gasteiger partial charge in [0.15, 0.2) is 6.10 Å². The fourth-order valence-corrected chi connectivity index (χ4v) is 4.38. The molecule has 2 aromatic carbocycles. The van der Waals surface area contributed by atoms with Crippen molar-refractivity contribution < 1.29 is 23.5 Å². The fourth-order valence-electron chi connectivity index (χ4n) is 4.22. The second kappa shape index (κ2) is 7.79. The van der Waals surface area contributed by atoms with Crippen molar-refractivity contribution in [1.29, 1.82) is 0 Å². The van der Waals surface area contributed by atoms with Crippen LogP contribution in [0.1, 0.15) is 47.2 Å². The van der Waals surface area contributed by atoms with Gasteiger partial charge in [-0.3, -0.25) is 9.59 Å². The molecule has 0 aromatic heterocycles. The maximum Gasteiger partial charge on any atom is 0.309 e. The van der Waals surface area contributed by atoms with Gasteiger partial charge in [0, 0.05) is 11.4 Å². The predicted octanol–water partition coefficient (Wildman–Crippen LogP) is 4.97. The Morgan fingerprint density at radius 1 is 1.21 bits per heavy atom. The summed E-state index contributed by atoms with van der Waals surface area (Å²) < 4.78 is 25.0. The van der Waals surface area contributed by atoms with Crippen LogP contribution in [0.4, 0.5) is 4.39 Å². The number of carbonyl (C=O) groups is 2. The highest BCUT2D eigenvalue weighted by Crippen LogP contribution is 2.48. The Kier molecular flexibility index (Phi) is 5.34. The maximum atomic E-state index is 14.1. The third-order valence-electron chi connectivity index (χ3n) is 5.88. The number of ether oxygens (including phenoxy) is 2. The van der Waals surface area contributed by atoms with E-state index in [1.54, 1.807) is 0 Å². The molecule has 1 saturated carbocycles. The first-order valence-corrected chi connectivity index (χ1v) is 10.1. The van der Waals surface area contributed by atoms with Crippen molar-refractivity contribution in [2.24, 2.45) is 11.8 Å². The van der Waals surface area contributed by atoms with E-state index in [2.05, 4.69) is 0 Å². The topological polar surface area (TPSA) is 52.6 Å². The Labute approximate surface area is 174 Å². The van der Waals surface area contributed by atoms with E-state index in [4.69, 9.17) is 21.1 Å². The highest BCUT2D eigenvalue weighted by atomic mass is 35.5. The van der Waals surface area contributed by atoms with Gasteiger partial charge in [0.25, 0.3) is 0 Å². The fraction of sp³-hybridized carbons (Fsp3) is 0.391. The van der Waals surface area contributed by atoms with E-state index in [0.717, 1.165) is 30.0 Å². The number of carbonyl (C=O) groups excluding carboxylic acids is 2. The Morgan fingerprint density at radius 2 is 1.97 bits per heavy atom. The van der Waals surface area contributed by atoms with Gasteiger partial charge in [0.05, 0.1) is 18.6 Å². The van der Waals surface area contributed by atoms with Crippen LogP contribution in [0.2, 0.25) is 5.02 Å². The lowest BCUT2D eigenvalue weighted by Gasteiger charge is -2.23. The van der Waals surface area contributed by atoms with Gasteiger partial charge >= 0.3 is 5.97 Å². The molecular weight excluding hydrogens is 395 g/mol. The molecule has 0 spiro atoms. The van der Waals surface area contributed by atoms with Crippen LogP contribution in [-0.2, 0) is 16.0 Å². The number of rotatable bonds is 6. The van der Waals surface area contributed by atoms with Crippen molar-refractivity contribution >= 4 is 23.4 Å². The first-order chi connectivity index (χ1) is 13.9.